The van der Waals surface area contributed by atoms with E-state index in [-0.39, 0.29) is 11.8 Å². The van der Waals surface area contributed by atoms with Crippen molar-refractivity contribution in [2.45, 2.75) is 12.8 Å². The average Bonchev–Trinajstić information content (AvgIpc) is 3.19. The Morgan fingerprint density at radius 1 is 1.44 bits per heavy atom. The quantitative estimate of drug-likeness (QED) is 0.820. The number of hydrogen-bond donors (Lipinski definition) is 2. The van der Waals surface area contributed by atoms with E-state index in [1.165, 1.54) is 0 Å². The molecular weight excluding hydrogens is 294 g/mol. The number of amides is 1. The SMILES string of the molecule is N#Cc1ccc(Br)cc1NCCNC(=O)C1CC1. The lowest BCUT2D eigenvalue weighted by Crippen LogP contribution is -2.29. The second kappa shape index (κ2) is 5.87. The Morgan fingerprint density at radius 3 is 2.89 bits per heavy atom. The smallest absolute Gasteiger partial charge is 0.223 e. The van der Waals surface area contributed by atoms with Gasteiger partial charge < -0.3 is 10.6 Å². The molecule has 1 aliphatic carbocycles. The minimum atomic E-state index is 0.145. The number of carbonyl (C=O) groups is 1. The van der Waals surface area contributed by atoms with Gasteiger partial charge in [-0.2, -0.15) is 5.26 Å². The fourth-order valence-corrected chi connectivity index (χ4v) is 1.99. The Bertz CT molecular complexity index is 491. The number of hydrogen-bond acceptors (Lipinski definition) is 3. The number of benzene rings is 1. The van der Waals surface area contributed by atoms with Crippen molar-refractivity contribution in [3.8, 4) is 6.07 Å². The van der Waals surface area contributed by atoms with Crippen molar-refractivity contribution in [1.82, 2.24) is 5.32 Å². The molecule has 94 valence electrons. The third kappa shape index (κ3) is 3.47. The minimum absolute atomic E-state index is 0.145. The molecule has 2 rings (SSSR count). The second-order valence-corrected chi connectivity index (χ2v) is 5.21. The first kappa shape index (κ1) is 12.9. The van der Waals surface area contributed by atoms with Crippen molar-refractivity contribution in [3.05, 3.63) is 28.2 Å². The van der Waals surface area contributed by atoms with Crippen molar-refractivity contribution in [1.29, 1.82) is 5.26 Å². The predicted octanol–water partition coefficient (Wildman–Crippen LogP) is 2.26. The van der Waals surface area contributed by atoms with Gasteiger partial charge in [-0.15, -0.1) is 0 Å². The Balaban J connectivity index is 1.80. The van der Waals surface area contributed by atoms with E-state index >= 15 is 0 Å². The summed E-state index contributed by atoms with van der Waals surface area (Å²) in [5.74, 6) is 0.386. The molecule has 0 unspecified atom stereocenters. The van der Waals surface area contributed by atoms with Crippen LogP contribution in [0.3, 0.4) is 0 Å². The lowest BCUT2D eigenvalue weighted by atomic mass is 10.2. The molecule has 5 heteroatoms. The zero-order valence-corrected chi connectivity index (χ0v) is 11.5. The van der Waals surface area contributed by atoms with Gasteiger partial charge in [0.15, 0.2) is 0 Å². The van der Waals surface area contributed by atoms with E-state index in [9.17, 15) is 4.79 Å². The van der Waals surface area contributed by atoms with Gasteiger partial charge in [0.1, 0.15) is 6.07 Å². The summed E-state index contributed by atoms with van der Waals surface area (Å²) in [5, 5.41) is 15.0. The zero-order valence-electron chi connectivity index (χ0n) is 9.87. The van der Waals surface area contributed by atoms with Gasteiger partial charge in [0.2, 0.25) is 5.91 Å². The highest BCUT2D eigenvalue weighted by Gasteiger charge is 2.28. The topological polar surface area (TPSA) is 64.9 Å². The molecule has 0 radical (unpaired) electrons. The maximum absolute atomic E-state index is 11.4. The van der Waals surface area contributed by atoms with E-state index in [2.05, 4.69) is 32.6 Å². The van der Waals surface area contributed by atoms with Crippen LogP contribution in [0.1, 0.15) is 18.4 Å². The summed E-state index contributed by atoms with van der Waals surface area (Å²) in [6.45, 7) is 1.19. The number of nitrogens with zero attached hydrogens (tertiary/aromatic N) is 1. The Morgan fingerprint density at radius 2 is 2.22 bits per heavy atom. The highest BCUT2D eigenvalue weighted by molar-refractivity contribution is 9.10. The van der Waals surface area contributed by atoms with E-state index in [0.29, 0.717) is 18.7 Å². The van der Waals surface area contributed by atoms with Gasteiger partial charge in [-0.25, -0.2) is 0 Å². The van der Waals surface area contributed by atoms with Gasteiger partial charge >= 0.3 is 0 Å². The second-order valence-electron chi connectivity index (χ2n) is 4.29. The summed E-state index contributed by atoms with van der Waals surface area (Å²) >= 11 is 3.37. The Labute approximate surface area is 115 Å². The number of halogens is 1. The summed E-state index contributed by atoms with van der Waals surface area (Å²) in [6.07, 6.45) is 2.03. The molecule has 1 fully saturated rings. The minimum Gasteiger partial charge on any atom is -0.382 e. The van der Waals surface area contributed by atoms with Crippen LogP contribution >= 0.6 is 15.9 Å². The number of carbonyl (C=O) groups excluding carboxylic acids is 1. The maximum Gasteiger partial charge on any atom is 0.223 e. The molecule has 1 amide bonds. The van der Waals surface area contributed by atoms with Crippen LogP contribution in [-0.2, 0) is 4.79 Å². The van der Waals surface area contributed by atoms with Crippen LogP contribution < -0.4 is 10.6 Å². The average molecular weight is 308 g/mol. The van der Waals surface area contributed by atoms with E-state index in [1.54, 1.807) is 6.07 Å². The van der Waals surface area contributed by atoms with Gasteiger partial charge in [-0.1, -0.05) is 15.9 Å². The molecule has 0 spiro atoms. The van der Waals surface area contributed by atoms with Crippen molar-refractivity contribution in [3.63, 3.8) is 0 Å². The monoisotopic (exact) mass is 307 g/mol. The third-order valence-corrected chi connectivity index (χ3v) is 3.28. The molecule has 0 atom stereocenters. The van der Waals surface area contributed by atoms with Gasteiger partial charge in [0.25, 0.3) is 0 Å². The first-order valence-electron chi connectivity index (χ1n) is 5.92. The lowest BCUT2D eigenvalue weighted by molar-refractivity contribution is -0.122. The molecule has 1 aromatic rings. The van der Waals surface area contributed by atoms with Crippen LogP contribution in [0.4, 0.5) is 5.69 Å². The fourth-order valence-electron chi connectivity index (χ4n) is 1.63. The molecule has 2 N–H and O–H groups in total. The molecule has 1 saturated carbocycles. The van der Waals surface area contributed by atoms with Crippen LogP contribution in [0.5, 0.6) is 0 Å². The van der Waals surface area contributed by atoms with E-state index in [4.69, 9.17) is 5.26 Å². The summed E-state index contributed by atoms with van der Waals surface area (Å²) in [6, 6.07) is 7.58. The molecular formula is C13H14BrN3O. The highest BCUT2D eigenvalue weighted by atomic mass is 79.9. The number of rotatable bonds is 5. The van der Waals surface area contributed by atoms with Gasteiger partial charge in [-0.05, 0) is 31.0 Å². The van der Waals surface area contributed by atoms with Crippen LogP contribution in [0.2, 0.25) is 0 Å². The summed E-state index contributed by atoms with van der Waals surface area (Å²) < 4.78 is 0.922. The van der Waals surface area contributed by atoms with E-state index < -0.39 is 0 Å². The van der Waals surface area contributed by atoms with E-state index in [1.807, 2.05) is 12.1 Å². The van der Waals surface area contributed by atoms with Crippen LogP contribution in [0.15, 0.2) is 22.7 Å². The Hall–Kier alpha value is -1.54. The van der Waals surface area contributed by atoms with Gasteiger partial charge in [0.05, 0.1) is 11.3 Å². The standard InChI is InChI=1S/C13H14BrN3O/c14-11-4-3-10(8-15)12(7-11)16-5-6-17-13(18)9-1-2-9/h3-4,7,9,16H,1-2,5-6H2,(H,17,18). The molecule has 0 bridgehead atoms. The van der Waals surface area contributed by atoms with Gasteiger partial charge in [0, 0.05) is 23.5 Å². The van der Waals surface area contributed by atoms with Crippen molar-refractivity contribution >= 4 is 27.5 Å². The number of nitriles is 1. The van der Waals surface area contributed by atoms with Crippen molar-refractivity contribution in [2.24, 2.45) is 5.92 Å². The maximum atomic E-state index is 11.4. The lowest BCUT2D eigenvalue weighted by Gasteiger charge is -2.09. The molecule has 18 heavy (non-hydrogen) atoms. The molecule has 1 aliphatic rings. The first-order valence-corrected chi connectivity index (χ1v) is 6.71. The van der Waals surface area contributed by atoms with Crippen LogP contribution in [0.25, 0.3) is 0 Å². The normalized spacial score (nSPS) is 13.8. The predicted molar refractivity (Wildman–Crippen MR) is 73.1 cm³/mol. The summed E-state index contributed by atoms with van der Waals surface area (Å²) in [5.41, 5.74) is 1.39. The summed E-state index contributed by atoms with van der Waals surface area (Å²) in [7, 11) is 0. The molecule has 0 aromatic heterocycles. The zero-order chi connectivity index (χ0) is 13.0. The Kier molecular flexibility index (Phi) is 4.21. The molecule has 0 heterocycles. The third-order valence-electron chi connectivity index (χ3n) is 2.79. The number of anilines is 1. The van der Waals surface area contributed by atoms with Crippen molar-refractivity contribution in [2.75, 3.05) is 18.4 Å². The fraction of sp³-hybridized carbons (Fsp3) is 0.385. The van der Waals surface area contributed by atoms with Crippen LogP contribution in [-0.4, -0.2) is 19.0 Å². The van der Waals surface area contributed by atoms with Gasteiger partial charge in [-0.3, -0.25) is 4.79 Å². The summed E-state index contributed by atoms with van der Waals surface area (Å²) in [4.78, 5) is 11.4. The molecule has 0 saturated heterocycles. The number of nitrogens with one attached hydrogen (secondary N) is 2. The highest BCUT2D eigenvalue weighted by Crippen LogP contribution is 2.28. The first-order chi connectivity index (χ1) is 8.70. The van der Waals surface area contributed by atoms with Crippen molar-refractivity contribution < 1.29 is 4.79 Å². The van der Waals surface area contributed by atoms with E-state index in [0.717, 1.165) is 23.0 Å². The largest absolute Gasteiger partial charge is 0.382 e. The molecule has 0 aliphatic heterocycles. The van der Waals surface area contributed by atoms with Crippen LogP contribution in [0, 0.1) is 17.2 Å². The molecule has 4 nitrogen and oxygen atoms in total. The molecule has 1 aromatic carbocycles.